The lowest BCUT2D eigenvalue weighted by Gasteiger charge is -2.19. The molecule has 0 aliphatic rings. The maximum atomic E-state index is 2.37. The van der Waals surface area contributed by atoms with Gasteiger partial charge in [0, 0.05) is 0 Å². The second-order valence-corrected chi connectivity index (χ2v) is 12.0. The van der Waals surface area contributed by atoms with Gasteiger partial charge in [0.1, 0.15) is 0 Å². The highest BCUT2D eigenvalue weighted by atomic mass is 14.2. The molecule has 8 rings (SSSR count). The van der Waals surface area contributed by atoms with Gasteiger partial charge in [0.2, 0.25) is 0 Å². The minimum absolute atomic E-state index is 0.999. The van der Waals surface area contributed by atoms with Crippen molar-refractivity contribution in [1.82, 2.24) is 0 Å². The van der Waals surface area contributed by atoms with Crippen molar-refractivity contribution in [2.75, 3.05) is 0 Å². The van der Waals surface area contributed by atoms with Gasteiger partial charge in [-0.1, -0.05) is 171 Å². The van der Waals surface area contributed by atoms with Crippen LogP contribution in [0.25, 0.3) is 77.2 Å². The van der Waals surface area contributed by atoms with E-state index in [9.17, 15) is 0 Å². The minimum Gasteiger partial charge on any atom is -0.0622 e. The Hall–Kier alpha value is -5.72. The lowest BCUT2D eigenvalue weighted by atomic mass is 9.84. The van der Waals surface area contributed by atoms with Crippen molar-refractivity contribution in [3.05, 3.63) is 181 Å². The number of hydrogen-bond acceptors (Lipinski definition) is 0. The number of rotatable bonds is 6. The second kappa shape index (κ2) is 12.0. The van der Waals surface area contributed by atoms with E-state index < -0.39 is 0 Å². The molecular formula is C46H34. The molecule has 0 nitrogen and oxygen atoms in total. The molecule has 218 valence electrons. The van der Waals surface area contributed by atoms with Crippen molar-refractivity contribution < 1.29 is 0 Å². The zero-order valence-electron chi connectivity index (χ0n) is 26.0. The smallest absolute Gasteiger partial charge is 0.00236 e. The predicted molar refractivity (Wildman–Crippen MR) is 198 cm³/mol. The van der Waals surface area contributed by atoms with Gasteiger partial charge in [-0.2, -0.15) is 0 Å². The quantitative estimate of drug-likeness (QED) is 0.170. The molecule has 0 heterocycles. The zero-order valence-corrected chi connectivity index (χ0v) is 26.0. The maximum Gasteiger partial charge on any atom is -0.00236 e. The van der Waals surface area contributed by atoms with Crippen LogP contribution in [0.5, 0.6) is 0 Å². The van der Waals surface area contributed by atoms with E-state index in [1.54, 1.807) is 0 Å². The summed E-state index contributed by atoms with van der Waals surface area (Å²) in [7, 11) is 0. The van der Waals surface area contributed by atoms with Crippen molar-refractivity contribution in [3.8, 4) is 55.6 Å². The highest BCUT2D eigenvalue weighted by Gasteiger charge is 2.18. The fraction of sp³-hybridized carbons (Fsp3) is 0.0435. The molecule has 0 spiro atoms. The van der Waals surface area contributed by atoms with Gasteiger partial charge in [0.15, 0.2) is 0 Å². The van der Waals surface area contributed by atoms with Crippen molar-refractivity contribution in [2.45, 2.75) is 13.3 Å². The van der Waals surface area contributed by atoms with Crippen LogP contribution in [0.3, 0.4) is 0 Å². The monoisotopic (exact) mass is 586 g/mol. The normalized spacial score (nSPS) is 11.2. The Morgan fingerprint density at radius 2 is 0.696 bits per heavy atom. The molecule has 46 heavy (non-hydrogen) atoms. The molecule has 0 fully saturated rings. The second-order valence-electron chi connectivity index (χ2n) is 12.0. The predicted octanol–water partition coefficient (Wildman–Crippen LogP) is 12.9. The first-order valence-corrected chi connectivity index (χ1v) is 16.2. The largest absolute Gasteiger partial charge is 0.0622 e. The van der Waals surface area contributed by atoms with Crippen LogP contribution in [0.4, 0.5) is 0 Å². The summed E-state index contributed by atoms with van der Waals surface area (Å²) >= 11 is 0. The van der Waals surface area contributed by atoms with E-state index in [2.05, 4.69) is 183 Å². The highest BCUT2D eigenvalue weighted by molar-refractivity contribution is 6.21. The van der Waals surface area contributed by atoms with E-state index in [0.717, 1.165) is 6.42 Å². The molecule has 0 N–H and O–H groups in total. The molecule has 0 unspecified atom stereocenters. The Kier molecular flexibility index (Phi) is 7.25. The molecule has 0 aliphatic carbocycles. The Morgan fingerprint density at radius 3 is 1.28 bits per heavy atom. The van der Waals surface area contributed by atoms with Crippen LogP contribution < -0.4 is 0 Å². The number of benzene rings is 8. The van der Waals surface area contributed by atoms with Crippen LogP contribution in [0, 0.1) is 0 Å². The molecule has 0 amide bonds. The maximum absolute atomic E-state index is 2.37. The Morgan fingerprint density at radius 1 is 0.304 bits per heavy atom. The van der Waals surface area contributed by atoms with Crippen molar-refractivity contribution in [2.24, 2.45) is 0 Å². The first-order valence-electron chi connectivity index (χ1n) is 16.2. The van der Waals surface area contributed by atoms with Crippen LogP contribution in [-0.4, -0.2) is 0 Å². The van der Waals surface area contributed by atoms with Gasteiger partial charge in [0.25, 0.3) is 0 Å². The summed E-state index contributed by atoms with van der Waals surface area (Å²) in [5, 5.41) is 5.16. The van der Waals surface area contributed by atoms with E-state index in [-0.39, 0.29) is 0 Å². The van der Waals surface area contributed by atoms with Gasteiger partial charge < -0.3 is 0 Å². The van der Waals surface area contributed by atoms with Crippen LogP contribution in [0.2, 0.25) is 0 Å². The molecule has 0 bridgehead atoms. The standard InChI is InChI=1S/C46H34/c1-2-32-14-6-7-21-40(32)46-43-24-10-8-22-41(43)45(42-23-9-11-25-44(42)46)39-20-13-19-38(31-39)37-18-12-17-36(30-37)35-28-26-34(27-29-35)33-15-4-3-5-16-33/h3-31H,2H2,1H3. The molecule has 0 radical (unpaired) electrons. The van der Waals surface area contributed by atoms with Gasteiger partial charge in [-0.15, -0.1) is 0 Å². The molecule has 0 heteroatoms. The minimum atomic E-state index is 0.999. The topological polar surface area (TPSA) is 0 Å². The first kappa shape index (κ1) is 27.8. The average Bonchev–Trinajstić information content (AvgIpc) is 3.14. The molecule has 0 saturated carbocycles. The summed E-state index contributed by atoms with van der Waals surface area (Å²) in [6.45, 7) is 2.25. The Labute approximate surface area is 271 Å². The molecule has 8 aromatic carbocycles. The van der Waals surface area contributed by atoms with Crippen LogP contribution >= 0.6 is 0 Å². The molecule has 0 aliphatic heterocycles. The van der Waals surface area contributed by atoms with E-state index in [4.69, 9.17) is 0 Å². The highest BCUT2D eigenvalue weighted by Crippen LogP contribution is 2.45. The first-order chi connectivity index (χ1) is 22.8. The fourth-order valence-electron chi connectivity index (χ4n) is 7.02. The lowest BCUT2D eigenvalue weighted by Crippen LogP contribution is -1.93. The Bertz CT molecular complexity index is 2270. The van der Waals surface area contributed by atoms with Crippen LogP contribution in [-0.2, 0) is 6.42 Å². The lowest BCUT2D eigenvalue weighted by molar-refractivity contribution is 1.14. The third-order valence-corrected chi connectivity index (χ3v) is 9.27. The SMILES string of the molecule is CCc1ccccc1-c1c2ccccc2c(-c2cccc(-c3cccc(-c4ccc(-c5ccccc5)cc4)c3)c2)c2ccccc12. The zero-order chi connectivity index (χ0) is 30.9. The molecular weight excluding hydrogens is 553 g/mol. The van der Waals surface area contributed by atoms with E-state index >= 15 is 0 Å². The van der Waals surface area contributed by atoms with E-state index in [0.29, 0.717) is 0 Å². The third-order valence-electron chi connectivity index (χ3n) is 9.27. The summed E-state index contributed by atoms with van der Waals surface area (Å²) in [5.41, 5.74) is 13.9. The number of fused-ring (bicyclic) bond motifs is 2. The van der Waals surface area contributed by atoms with E-state index in [1.807, 2.05) is 0 Å². The third kappa shape index (κ3) is 4.99. The molecule has 8 aromatic rings. The summed E-state index contributed by atoms with van der Waals surface area (Å²) in [6.07, 6.45) is 0.999. The van der Waals surface area contributed by atoms with Crippen molar-refractivity contribution >= 4 is 21.5 Å². The van der Waals surface area contributed by atoms with Crippen molar-refractivity contribution in [1.29, 1.82) is 0 Å². The summed E-state index contributed by atoms with van der Waals surface area (Å²) in [6, 6.07) is 64.2. The van der Waals surface area contributed by atoms with Gasteiger partial charge in [-0.3, -0.25) is 0 Å². The van der Waals surface area contributed by atoms with Crippen LogP contribution in [0.1, 0.15) is 12.5 Å². The van der Waals surface area contributed by atoms with Crippen LogP contribution in [0.15, 0.2) is 176 Å². The van der Waals surface area contributed by atoms with Gasteiger partial charge in [-0.25, -0.2) is 0 Å². The molecule has 0 saturated heterocycles. The van der Waals surface area contributed by atoms with Gasteiger partial charge >= 0.3 is 0 Å². The van der Waals surface area contributed by atoms with Gasteiger partial charge in [0.05, 0.1) is 0 Å². The summed E-state index contributed by atoms with van der Waals surface area (Å²) in [4.78, 5) is 0. The molecule has 0 aromatic heterocycles. The average molecular weight is 587 g/mol. The van der Waals surface area contributed by atoms with Gasteiger partial charge in [-0.05, 0) is 101 Å². The fourth-order valence-corrected chi connectivity index (χ4v) is 7.02. The summed E-state index contributed by atoms with van der Waals surface area (Å²) in [5.74, 6) is 0. The molecule has 0 atom stereocenters. The van der Waals surface area contributed by atoms with E-state index in [1.165, 1.54) is 82.7 Å². The van der Waals surface area contributed by atoms with Crippen molar-refractivity contribution in [3.63, 3.8) is 0 Å². The number of aryl methyl sites for hydroxylation is 1. The number of hydrogen-bond donors (Lipinski definition) is 0. The summed E-state index contributed by atoms with van der Waals surface area (Å²) < 4.78 is 0. The Balaban J connectivity index is 1.25.